The largest absolute Gasteiger partial charge is 0.387 e. The van der Waals surface area contributed by atoms with Crippen molar-refractivity contribution >= 4 is 11.6 Å². The quantitative estimate of drug-likeness (QED) is 0.812. The maximum atomic E-state index is 13.3. The maximum absolute atomic E-state index is 13.3. The Labute approximate surface area is 87.7 Å². The molecule has 1 unspecified atom stereocenters. The average molecular weight is 218 g/mol. The van der Waals surface area contributed by atoms with Crippen molar-refractivity contribution in [3.63, 3.8) is 0 Å². The number of halogens is 2. The Hall–Kier alpha value is -0.640. The molecule has 0 aliphatic carbocycles. The van der Waals surface area contributed by atoms with Crippen LogP contribution in [0.25, 0.3) is 0 Å². The third-order valence-electron chi connectivity index (χ3n) is 2.06. The molecule has 78 valence electrons. The van der Waals surface area contributed by atoms with Gasteiger partial charge in [-0.3, -0.25) is 0 Å². The molecular formula is C10H13ClFNO. The first kappa shape index (κ1) is 11.4. The summed E-state index contributed by atoms with van der Waals surface area (Å²) in [5, 5.41) is 12.4. The Morgan fingerprint density at radius 3 is 2.79 bits per heavy atom. The number of aryl methyl sites for hydroxylation is 1. The number of hydrogen-bond donors (Lipinski definition) is 2. The molecule has 1 atom stereocenters. The smallest absolute Gasteiger partial charge is 0.145 e. The lowest BCUT2D eigenvalue weighted by Gasteiger charge is -2.13. The molecule has 0 bridgehead atoms. The van der Waals surface area contributed by atoms with Crippen molar-refractivity contribution in [2.24, 2.45) is 0 Å². The van der Waals surface area contributed by atoms with Gasteiger partial charge < -0.3 is 10.4 Å². The van der Waals surface area contributed by atoms with Crippen molar-refractivity contribution in [1.29, 1.82) is 0 Å². The predicted molar refractivity (Wildman–Crippen MR) is 55.0 cm³/mol. The summed E-state index contributed by atoms with van der Waals surface area (Å²) in [6.45, 7) is 1.98. The standard InChI is InChI=1S/C10H13ClFNO/c1-6-3-4-7(8(14)5-13-2)9(11)10(6)12/h3-4,8,13-14H,5H2,1-2H3. The molecule has 0 heterocycles. The van der Waals surface area contributed by atoms with Gasteiger partial charge >= 0.3 is 0 Å². The van der Waals surface area contributed by atoms with E-state index in [9.17, 15) is 9.50 Å². The van der Waals surface area contributed by atoms with E-state index >= 15 is 0 Å². The lowest BCUT2D eigenvalue weighted by atomic mass is 10.1. The number of aliphatic hydroxyl groups excluding tert-OH is 1. The summed E-state index contributed by atoms with van der Waals surface area (Å²) in [7, 11) is 1.71. The van der Waals surface area contributed by atoms with Crippen LogP contribution >= 0.6 is 11.6 Å². The third kappa shape index (κ3) is 2.23. The van der Waals surface area contributed by atoms with Crippen molar-refractivity contribution in [2.45, 2.75) is 13.0 Å². The molecule has 0 aliphatic heterocycles. The molecule has 4 heteroatoms. The Morgan fingerprint density at radius 1 is 1.57 bits per heavy atom. The van der Waals surface area contributed by atoms with Gasteiger partial charge in [-0.25, -0.2) is 4.39 Å². The van der Waals surface area contributed by atoms with Crippen molar-refractivity contribution < 1.29 is 9.50 Å². The van der Waals surface area contributed by atoms with Crippen LogP contribution < -0.4 is 5.32 Å². The number of hydrogen-bond acceptors (Lipinski definition) is 2. The van der Waals surface area contributed by atoms with Gasteiger partial charge in [0.1, 0.15) is 5.82 Å². The second-order valence-electron chi connectivity index (χ2n) is 3.17. The molecule has 0 saturated carbocycles. The van der Waals surface area contributed by atoms with Gasteiger partial charge in [-0.05, 0) is 19.5 Å². The second-order valence-corrected chi connectivity index (χ2v) is 3.55. The molecule has 0 spiro atoms. The minimum Gasteiger partial charge on any atom is -0.387 e. The number of rotatable bonds is 3. The first-order chi connectivity index (χ1) is 6.57. The van der Waals surface area contributed by atoms with Crippen LogP contribution in [0.2, 0.25) is 5.02 Å². The van der Waals surface area contributed by atoms with Gasteiger partial charge in [-0.15, -0.1) is 0 Å². The van der Waals surface area contributed by atoms with E-state index in [-0.39, 0.29) is 5.02 Å². The van der Waals surface area contributed by atoms with Gasteiger partial charge in [0.2, 0.25) is 0 Å². The third-order valence-corrected chi connectivity index (χ3v) is 2.45. The van der Waals surface area contributed by atoms with Crippen LogP contribution in [-0.2, 0) is 0 Å². The fourth-order valence-electron chi connectivity index (χ4n) is 1.22. The van der Waals surface area contributed by atoms with E-state index in [1.165, 1.54) is 0 Å². The lowest BCUT2D eigenvalue weighted by molar-refractivity contribution is 0.177. The predicted octanol–water partition coefficient (Wildman–Crippen LogP) is 2.04. The van der Waals surface area contributed by atoms with Crippen LogP contribution in [-0.4, -0.2) is 18.7 Å². The minimum absolute atomic E-state index is 0.00718. The monoisotopic (exact) mass is 217 g/mol. The average Bonchev–Trinajstić information content (AvgIpc) is 2.15. The zero-order valence-corrected chi connectivity index (χ0v) is 8.90. The Balaban J connectivity index is 3.04. The van der Waals surface area contributed by atoms with Crippen molar-refractivity contribution in [3.05, 3.63) is 34.1 Å². The van der Waals surface area contributed by atoms with E-state index in [1.807, 2.05) is 0 Å². The highest BCUT2D eigenvalue weighted by molar-refractivity contribution is 6.31. The lowest BCUT2D eigenvalue weighted by Crippen LogP contribution is -2.17. The number of benzene rings is 1. The zero-order valence-electron chi connectivity index (χ0n) is 8.14. The van der Waals surface area contributed by atoms with Gasteiger partial charge in [-0.2, -0.15) is 0 Å². The second kappa shape index (κ2) is 4.73. The van der Waals surface area contributed by atoms with Crippen molar-refractivity contribution in [2.75, 3.05) is 13.6 Å². The molecule has 0 fully saturated rings. The molecular weight excluding hydrogens is 205 g/mol. The number of nitrogens with one attached hydrogen (secondary N) is 1. The summed E-state index contributed by atoms with van der Waals surface area (Å²) in [5.41, 5.74) is 0.902. The van der Waals surface area contributed by atoms with Crippen molar-refractivity contribution in [3.8, 4) is 0 Å². The van der Waals surface area contributed by atoms with Gasteiger partial charge in [0.05, 0.1) is 11.1 Å². The van der Waals surface area contributed by atoms with Crippen LogP contribution in [0.3, 0.4) is 0 Å². The van der Waals surface area contributed by atoms with Gasteiger partial charge in [0.25, 0.3) is 0 Å². The first-order valence-electron chi connectivity index (χ1n) is 4.35. The van der Waals surface area contributed by atoms with E-state index in [4.69, 9.17) is 11.6 Å². The van der Waals surface area contributed by atoms with E-state index < -0.39 is 11.9 Å². The summed E-state index contributed by atoms with van der Waals surface area (Å²) in [6.07, 6.45) is -0.775. The summed E-state index contributed by atoms with van der Waals surface area (Å²) in [5.74, 6) is -0.459. The van der Waals surface area contributed by atoms with E-state index in [1.54, 1.807) is 26.1 Å². The van der Waals surface area contributed by atoms with E-state index in [0.717, 1.165) is 0 Å². The van der Waals surface area contributed by atoms with Crippen LogP contribution in [0.15, 0.2) is 12.1 Å². The van der Waals surface area contributed by atoms with E-state index in [2.05, 4.69) is 5.32 Å². The summed E-state index contributed by atoms with van der Waals surface area (Å²) in [6, 6.07) is 3.25. The molecule has 0 saturated heterocycles. The van der Waals surface area contributed by atoms with Gasteiger partial charge in [0.15, 0.2) is 0 Å². The fraction of sp³-hybridized carbons (Fsp3) is 0.400. The fourth-order valence-corrected chi connectivity index (χ4v) is 1.56. The van der Waals surface area contributed by atoms with Crippen LogP contribution in [0, 0.1) is 12.7 Å². The highest BCUT2D eigenvalue weighted by atomic mass is 35.5. The molecule has 0 aliphatic rings. The van der Waals surface area contributed by atoms with Crippen molar-refractivity contribution in [1.82, 2.24) is 5.32 Å². The molecule has 0 amide bonds. The van der Waals surface area contributed by atoms with E-state index in [0.29, 0.717) is 17.7 Å². The van der Waals surface area contributed by atoms with Crippen LogP contribution in [0.1, 0.15) is 17.2 Å². The number of aliphatic hydroxyl groups is 1. The molecule has 1 aromatic rings. The summed E-state index contributed by atoms with van der Waals surface area (Å²) in [4.78, 5) is 0. The first-order valence-corrected chi connectivity index (χ1v) is 4.73. The highest BCUT2D eigenvalue weighted by Crippen LogP contribution is 2.27. The normalized spacial score (nSPS) is 12.9. The molecule has 0 aromatic heterocycles. The van der Waals surface area contributed by atoms with Crippen LogP contribution in [0.5, 0.6) is 0 Å². The maximum Gasteiger partial charge on any atom is 0.145 e. The Morgan fingerprint density at radius 2 is 2.21 bits per heavy atom. The zero-order chi connectivity index (χ0) is 10.7. The minimum atomic E-state index is -0.775. The topological polar surface area (TPSA) is 32.3 Å². The molecule has 14 heavy (non-hydrogen) atoms. The number of likely N-dealkylation sites (N-methyl/N-ethyl adjacent to an activating group) is 1. The SMILES string of the molecule is CNCC(O)c1ccc(C)c(F)c1Cl. The molecule has 1 rings (SSSR count). The summed E-state index contributed by atoms with van der Waals surface area (Å²) >= 11 is 5.77. The van der Waals surface area contributed by atoms with Gasteiger partial charge in [0, 0.05) is 12.1 Å². The summed E-state index contributed by atoms with van der Waals surface area (Å²) < 4.78 is 13.3. The Bertz CT molecular complexity index is 330. The molecule has 0 radical (unpaired) electrons. The Kier molecular flexibility index (Phi) is 3.86. The molecule has 2 N–H and O–H groups in total. The van der Waals surface area contributed by atoms with Crippen LogP contribution in [0.4, 0.5) is 4.39 Å². The van der Waals surface area contributed by atoms with Gasteiger partial charge in [-0.1, -0.05) is 23.7 Å². The molecule has 1 aromatic carbocycles. The highest BCUT2D eigenvalue weighted by Gasteiger charge is 2.14. The molecule has 2 nitrogen and oxygen atoms in total.